The molecule has 1 aromatic heterocycles. The summed E-state index contributed by atoms with van der Waals surface area (Å²) in [6, 6.07) is 0. The van der Waals surface area contributed by atoms with Crippen LogP contribution in [0.2, 0.25) is 0 Å². The monoisotopic (exact) mass is 281 g/mol. The summed E-state index contributed by atoms with van der Waals surface area (Å²) in [5.41, 5.74) is 5.79. The van der Waals surface area contributed by atoms with E-state index in [2.05, 4.69) is 30.9 Å². The maximum Gasteiger partial charge on any atom is 0.234 e. The van der Waals surface area contributed by atoms with Gasteiger partial charge in [0.05, 0.1) is 5.41 Å². The average Bonchev–Trinajstić information content (AvgIpc) is 3.03. The third kappa shape index (κ3) is 2.88. The van der Waals surface area contributed by atoms with Gasteiger partial charge in [0.1, 0.15) is 6.10 Å². The molecule has 114 valence electrons. The van der Waals surface area contributed by atoms with Gasteiger partial charge in [0.2, 0.25) is 11.7 Å². The van der Waals surface area contributed by atoms with E-state index in [1.54, 1.807) is 0 Å². The van der Waals surface area contributed by atoms with E-state index in [1.165, 1.54) is 12.8 Å². The highest BCUT2D eigenvalue weighted by Crippen LogP contribution is 2.41. The summed E-state index contributed by atoms with van der Waals surface area (Å²) in [7, 11) is 0. The molecule has 2 rings (SSSR count). The molecule has 1 fully saturated rings. The molecule has 1 heterocycles. The third-order valence-electron chi connectivity index (χ3n) is 4.20. The highest BCUT2D eigenvalue weighted by molar-refractivity contribution is 5.10. The maximum absolute atomic E-state index is 5.97. The van der Waals surface area contributed by atoms with E-state index in [4.69, 9.17) is 15.0 Å². The summed E-state index contributed by atoms with van der Waals surface area (Å²) < 4.78 is 11.4. The van der Waals surface area contributed by atoms with Crippen LogP contribution in [0.25, 0.3) is 0 Å². The Morgan fingerprint density at radius 2 is 2.00 bits per heavy atom. The Morgan fingerprint density at radius 1 is 1.35 bits per heavy atom. The number of ether oxygens (including phenoxy) is 1. The molecule has 0 radical (unpaired) electrons. The first-order valence-electron chi connectivity index (χ1n) is 7.59. The number of hydrogen-bond donors (Lipinski definition) is 1. The van der Waals surface area contributed by atoms with Gasteiger partial charge in [-0.3, -0.25) is 0 Å². The highest BCUT2D eigenvalue weighted by Gasteiger charge is 2.41. The Balaban J connectivity index is 2.27. The predicted molar refractivity (Wildman–Crippen MR) is 77.3 cm³/mol. The Bertz CT molecular complexity index is 431. The van der Waals surface area contributed by atoms with Crippen molar-refractivity contribution in [2.45, 2.75) is 64.9 Å². The lowest BCUT2D eigenvalue weighted by Crippen LogP contribution is -2.32. The summed E-state index contributed by atoms with van der Waals surface area (Å²) in [4.78, 5) is 4.64. The molecule has 1 atom stereocenters. The van der Waals surface area contributed by atoms with E-state index in [0.717, 1.165) is 12.8 Å². The van der Waals surface area contributed by atoms with Crippen molar-refractivity contribution in [3.8, 4) is 0 Å². The van der Waals surface area contributed by atoms with Gasteiger partial charge in [0.25, 0.3) is 0 Å². The van der Waals surface area contributed by atoms with Gasteiger partial charge in [0.15, 0.2) is 0 Å². The van der Waals surface area contributed by atoms with Crippen LogP contribution in [-0.2, 0) is 10.2 Å². The molecule has 0 spiro atoms. The quantitative estimate of drug-likeness (QED) is 0.898. The fourth-order valence-electron chi connectivity index (χ4n) is 2.99. The Labute approximate surface area is 121 Å². The van der Waals surface area contributed by atoms with Gasteiger partial charge in [0, 0.05) is 13.2 Å². The second kappa shape index (κ2) is 5.82. The first kappa shape index (κ1) is 15.4. The minimum absolute atomic E-state index is 0.0668. The second-order valence-electron chi connectivity index (χ2n) is 6.85. The standard InChI is InChI=1S/C15H27N3O2/c1-5-19-11(14(2,3)4)12-17-13(20-18-12)15(10-16)8-6-7-9-15/h11H,5-10,16H2,1-4H3. The zero-order chi connectivity index (χ0) is 14.8. The summed E-state index contributed by atoms with van der Waals surface area (Å²) in [6.45, 7) is 9.56. The minimum Gasteiger partial charge on any atom is -0.370 e. The molecule has 5 heteroatoms. The van der Waals surface area contributed by atoms with Crippen molar-refractivity contribution >= 4 is 0 Å². The summed E-state index contributed by atoms with van der Waals surface area (Å²) in [5, 5.41) is 4.17. The lowest BCUT2D eigenvalue weighted by Gasteiger charge is -2.27. The molecule has 1 aliphatic rings. The van der Waals surface area contributed by atoms with Crippen LogP contribution in [0.4, 0.5) is 0 Å². The van der Waals surface area contributed by atoms with E-state index in [1.807, 2.05) is 6.92 Å². The van der Waals surface area contributed by atoms with Crippen molar-refractivity contribution in [3.05, 3.63) is 11.7 Å². The lowest BCUT2D eigenvalue weighted by atomic mass is 9.86. The molecule has 1 aliphatic carbocycles. The van der Waals surface area contributed by atoms with Crippen molar-refractivity contribution in [2.75, 3.05) is 13.2 Å². The van der Waals surface area contributed by atoms with Crippen molar-refractivity contribution in [3.63, 3.8) is 0 Å². The molecule has 0 aliphatic heterocycles. The van der Waals surface area contributed by atoms with Crippen molar-refractivity contribution in [1.82, 2.24) is 10.1 Å². The van der Waals surface area contributed by atoms with Gasteiger partial charge in [-0.15, -0.1) is 0 Å². The summed E-state index contributed by atoms with van der Waals surface area (Å²) in [5.74, 6) is 1.34. The van der Waals surface area contributed by atoms with E-state index >= 15 is 0 Å². The van der Waals surface area contributed by atoms with Crippen LogP contribution in [0.5, 0.6) is 0 Å². The van der Waals surface area contributed by atoms with E-state index < -0.39 is 0 Å². The van der Waals surface area contributed by atoms with Crippen LogP contribution in [0.1, 0.15) is 71.2 Å². The summed E-state index contributed by atoms with van der Waals surface area (Å²) >= 11 is 0. The normalized spacial score (nSPS) is 20.2. The van der Waals surface area contributed by atoms with Crippen LogP contribution in [0.3, 0.4) is 0 Å². The molecule has 5 nitrogen and oxygen atoms in total. The molecule has 0 saturated heterocycles. The Morgan fingerprint density at radius 3 is 2.50 bits per heavy atom. The third-order valence-corrected chi connectivity index (χ3v) is 4.20. The minimum atomic E-state index is -0.152. The Hall–Kier alpha value is -0.940. The van der Waals surface area contributed by atoms with Gasteiger partial charge < -0.3 is 15.0 Å². The van der Waals surface area contributed by atoms with Gasteiger partial charge >= 0.3 is 0 Å². The van der Waals surface area contributed by atoms with Gasteiger partial charge in [-0.25, -0.2) is 0 Å². The van der Waals surface area contributed by atoms with E-state index in [9.17, 15) is 0 Å². The van der Waals surface area contributed by atoms with Crippen LogP contribution in [0.15, 0.2) is 4.52 Å². The molecular formula is C15H27N3O2. The van der Waals surface area contributed by atoms with E-state index in [0.29, 0.717) is 24.9 Å². The molecule has 1 unspecified atom stereocenters. The molecule has 1 saturated carbocycles. The van der Waals surface area contributed by atoms with Gasteiger partial charge in [-0.1, -0.05) is 38.8 Å². The second-order valence-corrected chi connectivity index (χ2v) is 6.85. The molecule has 0 amide bonds. The summed E-state index contributed by atoms with van der Waals surface area (Å²) in [6.07, 6.45) is 4.30. The molecule has 20 heavy (non-hydrogen) atoms. The number of rotatable bonds is 5. The smallest absolute Gasteiger partial charge is 0.234 e. The van der Waals surface area contributed by atoms with Crippen LogP contribution < -0.4 is 5.73 Å². The Kier molecular flexibility index (Phi) is 4.49. The lowest BCUT2D eigenvalue weighted by molar-refractivity contribution is -0.0203. The number of hydrogen-bond acceptors (Lipinski definition) is 5. The first-order valence-corrected chi connectivity index (χ1v) is 7.59. The molecular weight excluding hydrogens is 254 g/mol. The van der Waals surface area contributed by atoms with Crippen LogP contribution >= 0.6 is 0 Å². The van der Waals surface area contributed by atoms with Crippen molar-refractivity contribution < 1.29 is 9.26 Å². The number of nitrogens with two attached hydrogens (primary N) is 1. The number of aromatic nitrogens is 2. The molecule has 0 bridgehead atoms. The van der Waals surface area contributed by atoms with E-state index in [-0.39, 0.29) is 16.9 Å². The van der Waals surface area contributed by atoms with Crippen LogP contribution in [0, 0.1) is 5.41 Å². The zero-order valence-electron chi connectivity index (χ0n) is 13.1. The fourth-order valence-corrected chi connectivity index (χ4v) is 2.99. The molecule has 0 aromatic carbocycles. The van der Waals surface area contributed by atoms with Crippen LogP contribution in [-0.4, -0.2) is 23.3 Å². The van der Waals surface area contributed by atoms with Crippen molar-refractivity contribution in [1.29, 1.82) is 0 Å². The fraction of sp³-hybridized carbons (Fsp3) is 0.867. The van der Waals surface area contributed by atoms with Gasteiger partial charge in [-0.2, -0.15) is 4.98 Å². The predicted octanol–water partition coefficient (Wildman–Crippen LogP) is 2.96. The first-order chi connectivity index (χ1) is 9.43. The molecule has 2 N–H and O–H groups in total. The largest absolute Gasteiger partial charge is 0.370 e. The highest BCUT2D eigenvalue weighted by atomic mass is 16.5. The average molecular weight is 281 g/mol. The topological polar surface area (TPSA) is 74.2 Å². The molecule has 1 aromatic rings. The zero-order valence-corrected chi connectivity index (χ0v) is 13.1. The van der Waals surface area contributed by atoms with Gasteiger partial charge in [-0.05, 0) is 25.2 Å². The maximum atomic E-state index is 5.97. The number of nitrogens with zero attached hydrogens (tertiary/aromatic N) is 2. The SMILES string of the molecule is CCOC(c1noc(C2(CN)CCCC2)n1)C(C)(C)C. The van der Waals surface area contributed by atoms with Crippen molar-refractivity contribution in [2.24, 2.45) is 11.1 Å².